The van der Waals surface area contributed by atoms with Gasteiger partial charge in [-0.25, -0.2) is 4.98 Å². The van der Waals surface area contributed by atoms with Gasteiger partial charge in [-0.05, 0) is 49.3 Å². The third-order valence-corrected chi connectivity index (χ3v) is 6.76. The fourth-order valence-electron chi connectivity index (χ4n) is 5.24. The number of fused-ring (bicyclic) bond motifs is 1. The van der Waals surface area contributed by atoms with Gasteiger partial charge in [0, 0.05) is 55.1 Å². The molecule has 0 radical (unpaired) electrons. The Morgan fingerprint density at radius 1 is 1.03 bits per heavy atom. The van der Waals surface area contributed by atoms with Crippen LogP contribution in [-0.2, 0) is 18.7 Å². The largest absolute Gasteiger partial charge is 0.463 e. The lowest BCUT2D eigenvalue weighted by molar-refractivity contribution is 0.0516. The van der Waals surface area contributed by atoms with E-state index in [4.69, 9.17) is 4.74 Å². The van der Waals surface area contributed by atoms with Crippen molar-refractivity contribution in [3.05, 3.63) is 83.4 Å². The molecule has 1 unspecified atom stereocenters. The average Bonchev–Trinajstić information content (AvgIpc) is 3.36. The third kappa shape index (κ3) is 5.67. The first-order chi connectivity index (χ1) is 16.8. The number of rotatable bonds is 10. The van der Waals surface area contributed by atoms with Gasteiger partial charge in [0.25, 0.3) is 0 Å². The molecule has 0 aliphatic heterocycles. The Kier molecular flexibility index (Phi) is 7.75. The van der Waals surface area contributed by atoms with Crippen LogP contribution >= 0.6 is 0 Å². The molecule has 5 nitrogen and oxygen atoms in total. The van der Waals surface area contributed by atoms with Crippen LogP contribution in [0.4, 0.5) is 0 Å². The van der Waals surface area contributed by atoms with Crippen LogP contribution in [0, 0.1) is 11.8 Å². The second kappa shape index (κ2) is 10.8. The number of carbonyl (C=O) groups excluding carboxylic acids is 1. The monoisotopic (exact) mass is 473 g/mol. The summed E-state index contributed by atoms with van der Waals surface area (Å²) in [5, 5.41) is 0. The van der Waals surface area contributed by atoms with Crippen LogP contribution in [0.2, 0.25) is 0 Å². The molecule has 0 N–H and O–H groups in total. The van der Waals surface area contributed by atoms with E-state index in [-0.39, 0.29) is 5.78 Å². The molecule has 0 fully saturated rings. The molecule has 4 rings (SSSR count). The second-order valence-electron chi connectivity index (χ2n) is 10.7. The Labute approximate surface area is 210 Å². The van der Waals surface area contributed by atoms with E-state index in [2.05, 4.69) is 56.6 Å². The van der Waals surface area contributed by atoms with Gasteiger partial charge < -0.3 is 4.74 Å². The lowest BCUT2D eigenvalue weighted by Crippen LogP contribution is -2.38. The zero-order valence-electron chi connectivity index (χ0n) is 21.8. The van der Waals surface area contributed by atoms with Crippen molar-refractivity contribution in [2.75, 3.05) is 13.1 Å². The molecule has 0 bridgehead atoms. The number of nitrogens with zero attached hydrogens (tertiary/aromatic N) is 3. The molecule has 3 aromatic rings. The van der Waals surface area contributed by atoms with Crippen molar-refractivity contribution in [1.29, 1.82) is 0 Å². The van der Waals surface area contributed by atoms with Crippen molar-refractivity contribution >= 4 is 5.78 Å². The first-order valence-electron chi connectivity index (χ1n) is 12.9. The Morgan fingerprint density at radius 3 is 2.37 bits per heavy atom. The minimum absolute atomic E-state index is 0.249. The van der Waals surface area contributed by atoms with Gasteiger partial charge >= 0.3 is 0 Å². The van der Waals surface area contributed by atoms with E-state index in [0.29, 0.717) is 18.3 Å². The minimum Gasteiger partial charge on any atom is -0.463 e. The van der Waals surface area contributed by atoms with Crippen LogP contribution < -0.4 is 4.74 Å². The molecule has 1 aliphatic rings. The van der Waals surface area contributed by atoms with Gasteiger partial charge in [0.2, 0.25) is 5.72 Å². The molecule has 35 heavy (non-hydrogen) atoms. The highest BCUT2D eigenvalue weighted by Gasteiger charge is 2.33. The number of imidazole rings is 1. The predicted octanol–water partition coefficient (Wildman–Crippen LogP) is 6.32. The zero-order valence-corrected chi connectivity index (χ0v) is 21.8. The molecule has 1 atom stereocenters. The SMILES string of the molecule is CC(C)CN(Cc1c(OC(C)(c2ccccc2)n2ccnc2)ccc2c1CCCC2=O)CC(C)C. The minimum atomic E-state index is -0.777. The van der Waals surface area contributed by atoms with Crippen molar-refractivity contribution < 1.29 is 9.53 Å². The molecule has 0 spiro atoms. The predicted molar refractivity (Wildman–Crippen MR) is 141 cm³/mol. The fourth-order valence-corrected chi connectivity index (χ4v) is 5.24. The Morgan fingerprint density at radius 2 is 1.74 bits per heavy atom. The van der Waals surface area contributed by atoms with E-state index in [9.17, 15) is 4.79 Å². The van der Waals surface area contributed by atoms with Crippen molar-refractivity contribution in [1.82, 2.24) is 14.5 Å². The molecule has 186 valence electrons. The molecular weight excluding hydrogens is 434 g/mol. The highest BCUT2D eigenvalue weighted by Crippen LogP contribution is 2.37. The van der Waals surface area contributed by atoms with Crippen LogP contribution in [0.15, 0.2) is 61.2 Å². The summed E-state index contributed by atoms with van der Waals surface area (Å²) >= 11 is 0. The van der Waals surface area contributed by atoms with Crippen LogP contribution in [0.25, 0.3) is 0 Å². The van der Waals surface area contributed by atoms with E-state index in [1.807, 2.05) is 41.1 Å². The molecule has 5 heteroatoms. The molecule has 1 aromatic heterocycles. The van der Waals surface area contributed by atoms with Gasteiger partial charge in [0.15, 0.2) is 5.78 Å². The molecule has 1 heterocycles. The highest BCUT2D eigenvalue weighted by molar-refractivity contribution is 5.99. The van der Waals surface area contributed by atoms with Crippen molar-refractivity contribution in [2.24, 2.45) is 11.8 Å². The summed E-state index contributed by atoms with van der Waals surface area (Å²) in [4.78, 5) is 19.6. The van der Waals surface area contributed by atoms with Gasteiger partial charge in [-0.2, -0.15) is 0 Å². The van der Waals surface area contributed by atoms with E-state index in [1.165, 1.54) is 0 Å². The third-order valence-electron chi connectivity index (χ3n) is 6.76. The second-order valence-corrected chi connectivity index (χ2v) is 10.7. The maximum Gasteiger partial charge on any atom is 0.211 e. The fraction of sp³-hybridized carbons (Fsp3) is 0.467. The first kappa shape index (κ1) is 25.2. The summed E-state index contributed by atoms with van der Waals surface area (Å²) < 4.78 is 8.97. The van der Waals surface area contributed by atoms with Crippen LogP contribution in [0.1, 0.15) is 74.5 Å². The number of hydrogen-bond donors (Lipinski definition) is 0. The van der Waals surface area contributed by atoms with Crippen LogP contribution in [0.3, 0.4) is 0 Å². The Bertz CT molecular complexity index is 1110. The smallest absolute Gasteiger partial charge is 0.211 e. The van der Waals surface area contributed by atoms with E-state index >= 15 is 0 Å². The number of ether oxygens (including phenoxy) is 1. The summed E-state index contributed by atoms with van der Waals surface area (Å²) in [6.45, 7) is 13.9. The number of ketones is 1. The quantitative estimate of drug-likeness (QED) is 0.346. The van der Waals surface area contributed by atoms with Crippen LogP contribution in [-0.4, -0.2) is 33.3 Å². The van der Waals surface area contributed by atoms with Crippen molar-refractivity contribution in [2.45, 2.75) is 66.2 Å². The number of benzene rings is 2. The molecule has 0 saturated carbocycles. The summed E-state index contributed by atoms with van der Waals surface area (Å²) in [5.74, 6) is 2.20. The van der Waals surface area contributed by atoms with Crippen LogP contribution in [0.5, 0.6) is 5.75 Å². The maximum atomic E-state index is 12.8. The lowest BCUT2D eigenvalue weighted by Gasteiger charge is -2.35. The summed E-state index contributed by atoms with van der Waals surface area (Å²) in [7, 11) is 0. The zero-order chi connectivity index (χ0) is 25.0. The van der Waals surface area contributed by atoms with Gasteiger partial charge in [-0.1, -0.05) is 58.0 Å². The highest BCUT2D eigenvalue weighted by atomic mass is 16.5. The summed E-state index contributed by atoms with van der Waals surface area (Å²) in [5.41, 5.74) is 3.45. The van der Waals surface area contributed by atoms with Gasteiger partial charge in [0.1, 0.15) is 5.75 Å². The van der Waals surface area contributed by atoms with E-state index in [0.717, 1.165) is 60.5 Å². The molecule has 0 amide bonds. The Balaban J connectivity index is 1.81. The van der Waals surface area contributed by atoms with Gasteiger partial charge in [0.05, 0.1) is 6.33 Å². The van der Waals surface area contributed by atoms with E-state index < -0.39 is 5.72 Å². The molecular formula is C30H39N3O2. The molecule has 0 saturated heterocycles. The normalized spacial score (nSPS) is 15.5. The maximum absolute atomic E-state index is 12.8. The van der Waals surface area contributed by atoms with Crippen molar-refractivity contribution in [3.8, 4) is 5.75 Å². The standard InChI is InChI=1S/C30H39N3O2/c1-22(2)18-32(19-23(3)4)20-27-25-12-9-13-28(34)26(25)14-15-29(27)35-30(5,33-17-16-31-21-33)24-10-7-6-8-11-24/h6-8,10-11,14-17,21-23H,9,12-13,18-20H2,1-5H3. The van der Waals surface area contributed by atoms with Gasteiger partial charge in [-0.3, -0.25) is 14.3 Å². The number of Topliss-reactive ketones (excluding diaryl/α,β-unsaturated/α-hetero) is 1. The number of hydrogen-bond acceptors (Lipinski definition) is 4. The van der Waals surface area contributed by atoms with Crippen molar-refractivity contribution in [3.63, 3.8) is 0 Å². The molecule has 2 aromatic carbocycles. The lowest BCUT2D eigenvalue weighted by atomic mass is 9.86. The summed E-state index contributed by atoms with van der Waals surface area (Å²) in [6.07, 6.45) is 7.97. The molecule has 1 aliphatic carbocycles. The average molecular weight is 474 g/mol. The Hall–Kier alpha value is -2.92. The number of aromatic nitrogens is 2. The number of carbonyl (C=O) groups is 1. The topological polar surface area (TPSA) is 47.4 Å². The van der Waals surface area contributed by atoms with E-state index in [1.54, 1.807) is 12.5 Å². The summed E-state index contributed by atoms with van der Waals surface area (Å²) in [6, 6.07) is 14.3. The first-order valence-corrected chi connectivity index (χ1v) is 12.9. The van der Waals surface area contributed by atoms with Gasteiger partial charge in [-0.15, -0.1) is 0 Å².